The average Bonchev–Trinajstić information content (AvgIpc) is 2.81. The van der Waals surface area contributed by atoms with E-state index >= 15 is 0 Å². The molecular formula is C26H28Cl2N2O3. The number of nitrogens with one attached hydrogen (secondary N) is 1. The largest absolute Gasteiger partial charge is 0.483 e. The zero-order valence-electron chi connectivity index (χ0n) is 19.0. The van der Waals surface area contributed by atoms with Gasteiger partial charge in [-0.2, -0.15) is 0 Å². The fourth-order valence-corrected chi connectivity index (χ4v) is 3.96. The zero-order valence-corrected chi connectivity index (χ0v) is 20.5. The van der Waals surface area contributed by atoms with Crippen LogP contribution in [-0.2, 0) is 16.1 Å². The quantitative estimate of drug-likeness (QED) is 0.412. The van der Waals surface area contributed by atoms with Gasteiger partial charge in [0.05, 0.1) is 0 Å². The van der Waals surface area contributed by atoms with E-state index in [1.165, 1.54) is 4.90 Å². The zero-order chi connectivity index (χ0) is 24.0. The van der Waals surface area contributed by atoms with Crippen LogP contribution in [0.15, 0.2) is 60.7 Å². The number of nitrogens with zero attached hydrogens (tertiary/aromatic N) is 1. The van der Waals surface area contributed by atoms with Crippen molar-refractivity contribution in [3.63, 3.8) is 0 Å². The van der Waals surface area contributed by atoms with Crippen LogP contribution in [0, 0.1) is 0 Å². The molecule has 1 N–H and O–H groups in total. The van der Waals surface area contributed by atoms with Crippen molar-refractivity contribution >= 4 is 45.8 Å². The van der Waals surface area contributed by atoms with E-state index in [4.69, 9.17) is 27.9 Å². The van der Waals surface area contributed by atoms with Gasteiger partial charge in [-0.15, -0.1) is 0 Å². The van der Waals surface area contributed by atoms with Gasteiger partial charge in [0, 0.05) is 33.6 Å². The fraction of sp³-hybridized carbons (Fsp3) is 0.308. The van der Waals surface area contributed by atoms with Gasteiger partial charge in [0.1, 0.15) is 11.8 Å². The maximum atomic E-state index is 13.3. The Morgan fingerprint density at radius 3 is 2.30 bits per heavy atom. The van der Waals surface area contributed by atoms with Gasteiger partial charge in [-0.3, -0.25) is 9.59 Å². The Kier molecular flexibility index (Phi) is 8.59. The standard InChI is InChI=1S/C26H28Cl2N2O3/c1-4-17(2)29-26(32)18(3)30(15-21-22(27)12-8-13-23(21)28)25(31)16-33-24-14-7-10-19-9-5-6-11-20(19)24/h5-14,17-18H,4,15-16H2,1-3H3,(H,29,32)/t17-,18-/m1/s1. The monoisotopic (exact) mass is 486 g/mol. The molecule has 0 radical (unpaired) electrons. The Morgan fingerprint density at radius 1 is 0.970 bits per heavy atom. The van der Waals surface area contributed by atoms with Gasteiger partial charge in [0.15, 0.2) is 6.61 Å². The summed E-state index contributed by atoms with van der Waals surface area (Å²) in [7, 11) is 0. The molecule has 3 aromatic rings. The number of ether oxygens (including phenoxy) is 1. The lowest BCUT2D eigenvalue weighted by molar-refractivity contribution is -0.142. The van der Waals surface area contributed by atoms with Crippen LogP contribution in [-0.4, -0.2) is 35.4 Å². The molecule has 0 heterocycles. The Hall–Kier alpha value is -2.76. The van der Waals surface area contributed by atoms with Crippen molar-refractivity contribution in [2.24, 2.45) is 0 Å². The SMILES string of the molecule is CC[C@@H](C)NC(=O)[C@@H](C)N(Cc1c(Cl)cccc1Cl)C(=O)COc1cccc2ccccc12. The minimum absolute atomic E-state index is 0.00673. The van der Waals surface area contributed by atoms with E-state index in [1.807, 2.05) is 56.3 Å². The van der Waals surface area contributed by atoms with Crippen molar-refractivity contribution in [1.29, 1.82) is 0 Å². The molecule has 0 fully saturated rings. The molecule has 0 aliphatic rings. The van der Waals surface area contributed by atoms with Gasteiger partial charge in [-0.25, -0.2) is 0 Å². The summed E-state index contributed by atoms with van der Waals surface area (Å²) in [6.45, 7) is 5.46. The molecule has 174 valence electrons. The number of fused-ring (bicyclic) bond motifs is 1. The van der Waals surface area contributed by atoms with E-state index in [-0.39, 0.29) is 31.0 Å². The van der Waals surface area contributed by atoms with Gasteiger partial charge >= 0.3 is 0 Å². The summed E-state index contributed by atoms with van der Waals surface area (Å²) in [5.74, 6) is 0.0191. The molecule has 0 aliphatic heterocycles. The Morgan fingerprint density at radius 2 is 1.61 bits per heavy atom. The lowest BCUT2D eigenvalue weighted by atomic mass is 10.1. The maximum absolute atomic E-state index is 13.3. The Balaban J connectivity index is 1.84. The molecule has 0 bridgehead atoms. The highest BCUT2D eigenvalue weighted by atomic mass is 35.5. The van der Waals surface area contributed by atoms with E-state index in [1.54, 1.807) is 25.1 Å². The van der Waals surface area contributed by atoms with Crippen LogP contribution >= 0.6 is 23.2 Å². The first-order valence-electron chi connectivity index (χ1n) is 10.9. The highest BCUT2D eigenvalue weighted by molar-refractivity contribution is 6.36. The van der Waals surface area contributed by atoms with Crippen molar-refractivity contribution in [3.8, 4) is 5.75 Å². The average molecular weight is 487 g/mol. The van der Waals surface area contributed by atoms with Gasteiger partial charge in [0.25, 0.3) is 5.91 Å². The molecule has 0 spiro atoms. The van der Waals surface area contributed by atoms with Gasteiger partial charge < -0.3 is 15.0 Å². The smallest absolute Gasteiger partial charge is 0.261 e. The third kappa shape index (κ3) is 6.18. The van der Waals surface area contributed by atoms with Crippen molar-refractivity contribution in [2.45, 2.75) is 45.8 Å². The topological polar surface area (TPSA) is 58.6 Å². The summed E-state index contributed by atoms with van der Waals surface area (Å²) < 4.78 is 5.90. The van der Waals surface area contributed by atoms with Crippen LogP contribution in [0.25, 0.3) is 10.8 Å². The second-order valence-electron chi connectivity index (χ2n) is 7.98. The molecule has 2 atom stereocenters. The lowest BCUT2D eigenvalue weighted by Gasteiger charge is -2.30. The summed E-state index contributed by atoms with van der Waals surface area (Å²) in [5.41, 5.74) is 0.586. The second kappa shape index (κ2) is 11.4. The normalized spacial score (nSPS) is 12.8. The molecule has 33 heavy (non-hydrogen) atoms. The van der Waals surface area contributed by atoms with Gasteiger partial charge in [0.2, 0.25) is 5.91 Å². The van der Waals surface area contributed by atoms with Crippen LogP contribution in [0.5, 0.6) is 5.75 Å². The van der Waals surface area contributed by atoms with Crippen LogP contribution in [0.1, 0.15) is 32.8 Å². The van der Waals surface area contributed by atoms with Crippen LogP contribution in [0.2, 0.25) is 10.0 Å². The maximum Gasteiger partial charge on any atom is 0.261 e. The van der Waals surface area contributed by atoms with Crippen LogP contribution < -0.4 is 10.1 Å². The molecule has 3 rings (SSSR count). The molecular weight excluding hydrogens is 459 g/mol. The number of hydrogen-bond donors (Lipinski definition) is 1. The van der Waals surface area contributed by atoms with E-state index in [0.717, 1.165) is 17.2 Å². The molecule has 0 saturated carbocycles. The number of benzene rings is 3. The summed E-state index contributed by atoms with van der Waals surface area (Å²) in [6, 6.07) is 17.9. The van der Waals surface area contributed by atoms with Crippen molar-refractivity contribution in [1.82, 2.24) is 10.2 Å². The number of carbonyl (C=O) groups is 2. The molecule has 5 nitrogen and oxygen atoms in total. The van der Waals surface area contributed by atoms with Crippen LogP contribution in [0.3, 0.4) is 0 Å². The highest BCUT2D eigenvalue weighted by Crippen LogP contribution is 2.28. The third-order valence-electron chi connectivity index (χ3n) is 5.66. The molecule has 3 aromatic carbocycles. The number of amides is 2. The van der Waals surface area contributed by atoms with Crippen LogP contribution in [0.4, 0.5) is 0 Å². The van der Waals surface area contributed by atoms with Gasteiger partial charge in [-0.05, 0) is 43.9 Å². The highest BCUT2D eigenvalue weighted by Gasteiger charge is 2.28. The number of carbonyl (C=O) groups excluding carboxylic acids is 2. The predicted octanol–water partition coefficient (Wildman–Crippen LogP) is 5.86. The van der Waals surface area contributed by atoms with Gasteiger partial charge in [-0.1, -0.05) is 72.6 Å². The second-order valence-corrected chi connectivity index (χ2v) is 8.80. The fourth-order valence-electron chi connectivity index (χ4n) is 3.45. The molecule has 2 amide bonds. The first-order valence-corrected chi connectivity index (χ1v) is 11.7. The molecule has 0 aromatic heterocycles. The number of halogens is 2. The van der Waals surface area contributed by atoms with Crippen molar-refractivity contribution in [2.75, 3.05) is 6.61 Å². The third-order valence-corrected chi connectivity index (χ3v) is 6.37. The molecule has 0 aliphatic carbocycles. The van der Waals surface area contributed by atoms with E-state index < -0.39 is 6.04 Å². The molecule has 7 heteroatoms. The van der Waals surface area contributed by atoms with E-state index in [2.05, 4.69) is 5.32 Å². The summed E-state index contributed by atoms with van der Waals surface area (Å²) >= 11 is 12.7. The van der Waals surface area contributed by atoms with E-state index in [0.29, 0.717) is 21.4 Å². The number of rotatable bonds is 9. The molecule has 0 saturated heterocycles. The summed E-state index contributed by atoms with van der Waals surface area (Å²) in [4.78, 5) is 27.6. The summed E-state index contributed by atoms with van der Waals surface area (Å²) in [6.07, 6.45) is 0.785. The predicted molar refractivity (Wildman–Crippen MR) is 134 cm³/mol. The minimum atomic E-state index is -0.741. The first-order chi connectivity index (χ1) is 15.8. The Labute approximate surface area is 204 Å². The van der Waals surface area contributed by atoms with E-state index in [9.17, 15) is 9.59 Å². The van der Waals surface area contributed by atoms with Crippen molar-refractivity contribution < 1.29 is 14.3 Å². The summed E-state index contributed by atoms with van der Waals surface area (Å²) in [5, 5.41) is 5.74. The minimum Gasteiger partial charge on any atom is -0.483 e. The lowest BCUT2D eigenvalue weighted by Crippen LogP contribution is -2.50. The molecule has 0 unspecified atom stereocenters. The van der Waals surface area contributed by atoms with Crippen molar-refractivity contribution in [3.05, 3.63) is 76.3 Å². The number of hydrogen-bond acceptors (Lipinski definition) is 3. The Bertz CT molecular complexity index is 1110. The first kappa shape index (κ1) is 24.9.